The molecule has 22 heavy (non-hydrogen) atoms. The van der Waals surface area contributed by atoms with E-state index in [4.69, 9.17) is 9.47 Å². The van der Waals surface area contributed by atoms with Crippen LogP contribution in [0.25, 0.3) is 0 Å². The predicted octanol–water partition coefficient (Wildman–Crippen LogP) is 3.22. The molecule has 0 saturated heterocycles. The molecule has 1 atom stereocenters. The summed E-state index contributed by atoms with van der Waals surface area (Å²) in [6, 6.07) is 5.01. The van der Waals surface area contributed by atoms with Crippen molar-refractivity contribution in [2.75, 3.05) is 25.7 Å². The van der Waals surface area contributed by atoms with Crippen molar-refractivity contribution < 1.29 is 19.1 Å². The van der Waals surface area contributed by atoms with Crippen LogP contribution in [-0.4, -0.2) is 38.7 Å². The number of amides is 1. The molecule has 5 nitrogen and oxygen atoms in total. The second kappa shape index (κ2) is 10.4. The lowest BCUT2D eigenvalue weighted by molar-refractivity contribution is -0.143. The highest BCUT2D eigenvalue weighted by Gasteiger charge is 2.29. The van der Waals surface area contributed by atoms with Crippen molar-refractivity contribution in [2.24, 2.45) is 0 Å². The van der Waals surface area contributed by atoms with Crippen LogP contribution in [-0.2, 0) is 19.1 Å². The van der Waals surface area contributed by atoms with E-state index in [1.165, 1.54) is 19.1 Å². The van der Waals surface area contributed by atoms with Crippen LogP contribution in [0.4, 0.5) is 5.69 Å². The standard InChI is InChI=1S/C15H21NO4.Cl2/c1-10-7-6-8-11(2)14(10)16(13(17)9-19-4)12(3)15(18)20-5;1-2/h6-8,12H,9H2,1-5H3;. The Morgan fingerprint density at radius 2 is 1.68 bits per heavy atom. The van der Waals surface area contributed by atoms with Crippen LogP contribution in [0.3, 0.4) is 0 Å². The van der Waals surface area contributed by atoms with Gasteiger partial charge in [-0.3, -0.25) is 9.69 Å². The third kappa shape index (κ3) is 5.16. The fraction of sp³-hybridized carbons (Fsp3) is 0.467. The Hall–Kier alpha value is -1.30. The number of esters is 1. The summed E-state index contributed by atoms with van der Waals surface area (Å²) in [5.74, 6) is -0.736. The molecule has 0 N–H and O–H groups in total. The van der Waals surface area contributed by atoms with Gasteiger partial charge in [-0.25, -0.2) is 4.79 Å². The minimum absolute atomic E-state index is 0.0882. The highest BCUT2D eigenvalue weighted by Crippen LogP contribution is 2.27. The lowest BCUT2D eigenvalue weighted by Gasteiger charge is -2.30. The molecule has 7 heteroatoms. The van der Waals surface area contributed by atoms with Gasteiger partial charge in [0.2, 0.25) is 0 Å². The van der Waals surface area contributed by atoms with Gasteiger partial charge in [0.1, 0.15) is 12.6 Å². The average Bonchev–Trinajstić information content (AvgIpc) is 2.51. The molecule has 1 aromatic carbocycles. The van der Waals surface area contributed by atoms with E-state index < -0.39 is 12.0 Å². The fourth-order valence-corrected chi connectivity index (χ4v) is 2.19. The Kier molecular flexibility index (Phi) is 9.81. The minimum Gasteiger partial charge on any atom is -0.467 e. The molecule has 0 bridgehead atoms. The lowest BCUT2D eigenvalue weighted by Crippen LogP contribution is -2.46. The zero-order valence-corrected chi connectivity index (χ0v) is 14.9. The van der Waals surface area contributed by atoms with Crippen molar-refractivity contribution in [3.05, 3.63) is 29.3 Å². The zero-order chi connectivity index (χ0) is 17.3. The molecule has 0 spiro atoms. The van der Waals surface area contributed by atoms with Crippen LogP contribution in [0.15, 0.2) is 18.2 Å². The quantitative estimate of drug-likeness (QED) is 0.765. The van der Waals surface area contributed by atoms with Crippen LogP contribution in [0.5, 0.6) is 0 Å². The second-order valence-corrected chi connectivity index (χ2v) is 4.64. The highest BCUT2D eigenvalue weighted by molar-refractivity contribution is 6.85. The maximum absolute atomic E-state index is 12.3. The number of hydrogen-bond donors (Lipinski definition) is 0. The molecule has 0 saturated carbocycles. The predicted molar refractivity (Wildman–Crippen MR) is 88.5 cm³/mol. The SMILES string of the molecule is COCC(=O)N(c1c(C)cccc1C)C(C)C(=O)OC.ClCl. The number of anilines is 1. The molecular weight excluding hydrogens is 329 g/mol. The third-order valence-electron chi connectivity index (χ3n) is 3.15. The summed E-state index contributed by atoms with van der Waals surface area (Å²) in [5.41, 5.74) is 2.57. The Morgan fingerprint density at radius 3 is 2.09 bits per heavy atom. The summed E-state index contributed by atoms with van der Waals surface area (Å²) in [7, 11) is 11.0. The van der Waals surface area contributed by atoms with E-state index in [-0.39, 0.29) is 12.5 Å². The van der Waals surface area contributed by atoms with E-state index in [9.17, 15) is 9.59 Å². The monoisotopic (exact) mass is 349 g/mol. The smallest absolute Gasteiger partial charge is 0.328 e. The number of halogens is 2. The molecule has 0 aliphatic rings. The maximum atomic E-state index is 12.3. The molecule has 1 unspecified atom stereocenters. The Balaban J connectivity index is 0.00000211. The van der Waals surface area contributed by atoms with Crippen LogP contribution in [0, 0.1) is 13.8 Å². The molecule has 1 aromatic rings. The summed E-state index contributed by atoms with van der Waals surface area (Å²) >= 11 is 0. The number of nitrogens with zero attached hydrogens (tertiary/aromatic N) is 1. The van der Waals surface area contributed by atoms with Crippen LogP contribution in [0.2, 0.25) is 0 Å². The molecular formula is C15H21Cl2NO4. The van der Waals surface area contributed by atoms with Gasteiger partial charge in [0.15, 0.2) is 0 Å². The summed E-state index contributed by atoms with van der Waals surface area (Å²) < 4.78 is 9.65. The van der Waals surface area contributed by atoms with Crippen molar-refractivity contribution in [3.63, 3.8) is 0 Å². The van der Waals surface area contributed by atoms with E-state index in [0.717, 1.165) is 16.8 Å². The number of carbonyl (C=O) groups is 2. The number of methoxy groups -OCH3 is 2. The van der Waals surface area contributed by atoms with Gasteiger partial charge in [0, 0.05) is 28.8 Å². The van der Waals surface area contributed by atoms with Gasteiger partial charge in [-0.05, 0) is 31.9 Å². The topological polar surface area (TPSA) is 55.8 Å². The van der Waals surface area contributed by atoms with E-state index in [1.54, 1.807) is 6.92 Å². The van der Waals surface area contributed by atoms with E-state index >= 15 is 0 Å². The van der Waals surface area contributed by atoms with Gasteiger partial charge >= 0.3 is 5.97 Å². The van der Waals surface area contributed by atoms with E-state index in [2.05, 4.69) is 21.7 Å². The van der Waals surface area contributed by atoms with Gasteiger partial charge in [0.25, 0.3) is 5.91 Å². The van der Waals surface area contributed by atoms with Crippen molar-refractivity contribution in [1.29, 1.82) is 0 Å². The molecule has 0 aromatic heterocycles. The molecule has 0 heterocycles. The molecule has 1 amide bonds. The molecule has 0 aliphatic carbocycles. The van der Waals surface area contributed by atoms with Crippen molar-refractivity contribution >= 4 is 39.3 Å². The average molecular weight is 350 g/mol. The number of aryl methyl sites for hydroxylation is 2. The largest absolute Gasteiger partial charge is 0.467 e. The van der Waals surface area contributed by atoms with Crippen LogP contribution in [0.1, 0.15) is 18.1 Å². The second-order valence-electron chi connectivity index (χ2n) is 4.64. The molecule has 1 rings (SSSR count). The first kappa shape index (κ1) is 20.7. The zero-order valence-electron chi connectivity index (χ0n) is 13.4. The summed E-state index contributed by atoms with van der Waals surface area (Å²) in [6.07, 6.45) is 0. The van der Waals surface area contributed by atoms with E-state index in [1.807, 2.05) is 32.0 Å². The first-order chi connectivity index (χ1) is 10.4. The fourth-order valence-electron chi connectivity index (χ4n) is 2.19. The van der Waals surface area contributed by atoms with Gasteiger partial charge in [-0.2, -0.15) is 0 Å². The summed E-state index contributed by atoms with van der Waals surface area (Å²) in [5, 5.41) is 0. The Labute approximate surface area is 140 Å². The molecule has 0 radical (unpaired) electrons. The normalized spacial score (nSPS) is 11.0. The maximum Gasteiger partial charge on any atom is 0.328 e. The number of rotatable bonds is 5. The lowest BCUT2D eigenvalue weighted by atomic mass is 10.1. The molecule has 0 fully saturated rings. The minimum atomic E-state index is -0.706. The number of carbonyl (C=O) groups excluding carboxylic acids is 2. The summed E-state index contributed by atoms with van der Waals surface area (Å²) in [6.45, 7) is 5.36. The van der Waals surface area contributed by atoms with Crippen molar-refractivity contribution in [3.8, 4) is 0 Å². The van der Waals surface area contributed by atoms with Gasteiger partial charge in [-0.1, -0.05) is 18.2 Å². The van der Waals surface area contributed by atoms with Gasteiger partial charge < -0.3 is 9.47 Å². The Bertz CT molecular complexity index is 488. The first-order valence-corrected chi connectivity index (χ1v) is 7.67. The van der Waals surface area contributed by atoms with E-state index in [0.29, 0.717) is 0 Å². The Morgan fingerprint density at radius 1 is 1.18 bits per heavy atom. The van der Waals surface area contributed by atoms with Crippen LogP contribution < -0.4 is 4.90 Å². The van der Waals surface area contributed by atoms with Crippen molar-refractivity contribution in [1.82, 2.24) is 0 Å². The third-order valence-corrected chi connectivity index (χ3v) is 3.15. The molecule has 124 valence electrons. The van der Waals surface area contributed by atoms with Gasteiger partial charge in [-0.15, -0.1) is 0 Å². The molecule has 0 aliphatic heterocycles. The van der Waals surface area contributed by atoms with Crippen molar-refractivity contribution in [2.45, 2.75) is 26.8 Å². The highest BCUT2D eigenvalue weighted by atomic mass is 36.5. The van der Waals surface area contributed by atoms with Crippen LogP contribution >= 0.6 is 21.7 Å². The number of ether oxygens (including phenoxy) is 2. The summed E-state index contributed by atoms with van der Waals surface area (Å²) in [4.78, 5) is 25.5. The number of benzene rings is 1. The van der Waals surface area contributed by atoms with Gasteiger partial charge in [0.05, 0.1) is 12.8 Å². The first-order valence-electron chi connectivity index (χ1n) is 6.53. The number of hydrogen-bond acceptors (Lipinski definition) is 4. The number of para-hydroxylation sites is 1.